The van der Waals surface area contributed by atoms with E-state index in [9.17, 15) is 14.0 Å². The van der Waals surface area contributed by atoms with Crippen molar-refractivity contribution in [2.45, 2.75) is 45.3 Å². The van der Waals surface area contributed by atoms with Crippen molar-refractivity contribution in [1.82, 2.24) is 19.7 Å². The van der Waals surface area contributed by atoms with Crippen LogP contribution in [0.5, 0.6) is 0 Å². The number of carbonyl (C=O) groups is 1. The molecule has 1 N–H and O–H groups in total. The highest BCUT2D eigenvalue weighted by atomic mass is 35.5. The minimum absolute atomic E-state index is 0.0815. The number of hydrogen-bond acceptors (Lipinski definition) is 3. The van der Waals surface area contributed by atoms with E-state index in [1.165, 1.54) is 21.4 Å². The summed E-state index contributed by atoms with van der Waals surface area (Å²) < 4.78 is 16.8. The van der Waals surface area contributed by atoms with Gasteiger partial charge in [0.1, 0.15) is 11.6 Å². The van der Waals surface area contributed by atoms with Gasteiger partial charge in [-0.05, 0) is 43.0 Å². The highest BCUT2D eigenvalue weighted by Crippen LogP contribution is 2.26. The molecular formula is C22H22ClFN4O2. The molecule has 3 aromatic rings. The number of rotatable bonds is 5. The summed E-state index contributed by atoms with van der Waals surface area (Å²) in [5, 5.41) is 7.58. The molecular weight excluding hydrogens is 407 g/mol. The number of carbonyl (C=O) groups excluding carboxylic acids is 1. The molecule has 8 heteroatoms. The van der Waals surface area contributed by atoms with E-state index in [0.29, 0.717) is 31.8 Å². The first-order valence-corrected chi connectivity index (χ1v) is 10.3. The standard InChI is InChI=1S/C22H22ClFN4O2/c1-14-6-2-3-7-15(14)12-25-21(29)16-8-5-11-27-20(16)26-28(22(27)30)13-17-18(23)9-4-10-19(17)24/h2-4,6-7,9-10,16H,5,8,11-13H2,1H3,(H,25,29). The van der Waals surface area contributed by atoms with Crippen molar-refractivity contribution in [3.63, 3.8) is 0 Å². The van der Waals surface area contributed by atoms with E-state index in [2.05, 4.69) is 10.4 Å². The first kappa shape index (κ1) is 20.3. The summed E-state index contributed by atoms with van der Waals surface area (Å²) in [5.41, 5.74) is 1.99. The van der Waals surface area contributed by atoms with E-state index < -0.39 is 11.7 Å². The molecule has 0 spiro atoms. The number of aromatic nitrogens is 3. The van der Waals surface area contributed by atoms with Crippen LogP contribution in [0.1, 0.15) is 41.3 Å². The van der Waals surface area contributed by atoms with Gasteiger partial charge in [0, 0.05) is 23.7 Å². The smallest absolute Gasteiger partial charge is 0.346 e. The molecule has 1 amide bonds. The van der Waals surface area contributed by atoms with Crippen molar-refractivity contribution in [2.24, 2.45) is 0 Å². The lowest BCUT2D eigenvalue weighted by Gasteiger charge is -2.21. The fourth-order valence-corrected chi connectivity index (χ4v) is 4.03. The Labute approximate surface area is 178 Å². The monoisotopic (exact) mass is 428 g/mol. The molecule has 4 rings (SSSR count). The largest absolute Gasteiger partial charge is 0.351 e. The van der Waals surface area contributed by atoms with Crippen LogP contribution in [0.15, 0.2) is 47.3 Å². The van der Waals surface area contributed by atoms with E-state index in [4.69, 9.17) is 11.6 Å². The zero-order valence-electron chi connectivity index (χ0n) is 16.6. The summed E-state index contributed by atoms with van der Waals surface area (Å²) >= 11 is 6.10. The van der Waals surface area contributed by atoms with E-state index in [1.54, 1.807) is 6.07 Å². The van der Waals surface area contributed by atoms with Crippen molar-refractivity contribution in [2.75, 3.05) is 0 Å². The molecule has 30 heavy (non-hydrogen) atoms. The first-order valence-electron chi connectivity index (χ1n) is 9.88. The number of amides is 1. The Balaban J connectivity index is 1.57. The Hall–Kier alpha value is -2.93. The van der Waals surface area contributed by atoms with Crippen LogP contribution in [-0.4, -0.2) is 20.3 Å². The molecule has 2 aromatic carbocycles. The molecule has 0 saturated carbocycles. The molecule has 0 radical (unpaired) electrons. The summed E-state index contributed by atoms with van der Waals surface area (Å²) in [4.78, 5) is 25.7. The molecule has 0 bridgehead atoms. The number of fused-ring (bicyclic) bond motifs is 1. The molecule has 1 atom stereocenters. The molecule has 6 nitrogen and oxygen atoms in total. The maximum absolute atomic E-state index is 14.2. The van der Waals surface area contributed by atoms with Crippen LogP contribution >= 0.6 is 11.6 Å². The Morgan fingerprint density at radius 2 is 2.07 bits per heavy atom. The summed E-state index contributed by atoms with van der Waals surface area (Å²) in [5.74, 6) is -0.762. The molecule has 0 saturated heterocycles. The average Bonchev–Trinajstić information content (AvgIpc) is 3.05. The lowest BCUT2D eigenvalue weighted by atomic mass is 9.98. The normalized spacial score (nSPS) is 15.6. The number of nitrogens with one attached hydrogen (secondary N) is 1. The van der Waals surface area contributed by atoms with Crippen LogP contribution in [0.25, 0.3) is 0 Å². The highest BCUT2D eigenvalue weighted by Gasteiger charge is 2.31. The van der Waals surface area contributed by atoms with Gasteiger partial charge in [0.15, 0.2) is 0 Å². The number of hydrogen-bond donors (Lipinski definition) is 1. The first-order chi connectivity index (χ1) is 14.5. The van der Waals surface area contributed by atoms with Crippen molar-refractivity contribution < 1.29 is 9.18 Å². The summed E-state index contributed by atoms with van der Waals surface area (Å²) in [6.07, 6.45) is 1.30. The van der Waals surface area contributed by atoms with Crippen molar-refractivity contribution in [1.29, 1.82) is 0 Å². The molecule has 156 valence electrons. The van der Waals surface area contributed by atoms with Crippen LogP contribution in [0.3, 0.4) is 0 Å². The second kappa shape index (κ2) is 8.44. The fourth-order valence-electron chi connectivity index (χ4n) is 3.81. The van der Waals surface area contributed by atoms with Gasteiger partial charge in [0.2, 0.25) is 5.91 Å². The van der Waals surface area contributed by atoms with Gasteiger partial charge >= 0.3 is 5.69 Å². The van der Waals surface area contributed by atoms with Gasteiger partial charge in [0.05, 0.1) is 12.5 Å². The van der Waals surface area contributed by atoms with Crippen molar-refractivity contribution in [3.8, 4) is 0 Å². The van der Waals surface area contributed by atoms with Crippen LogP contribution in [0, 0.1) is 12.7 Å². The topological polar surface area (TPSA) is 68.9 Å². The quantitative estimate of drug-likeness (QED) is 0.677. The van der Waals surface area contributed by atoms with E-state index in [1.807, 2.05) is 31.2 Å². The van der Waals surface area contributed by atoms with Crippen molar-refractivity contribution in [3.05, 3.63) is 86.3 Å². The Morgan fingerprint density at radius 1 is 1.27 bits per heavy atom. The highest BCUT2D eigenvalue weighted by molar-refractivity contribution is 6.31. The average molecular weight is 429 g/mol. The molecule has 1 aliphatic heterocycles. The minimum atomic E-state index is -0.521. The number of halogens is 2. The Bertz CT molecular complexity index is 1130. The lowest BCUT2D eigenvalue weighted by Crippen LogP contribution is -2.35. The maximum Gasteiger partial charge on any atom is 0.346 e. The van der Waals surface area contributed by atoms with Gasteiger partial charge in [-0.2, -0.15) is 5.10 Å². The summed E-state index contributed by atoms with van der Waals surface area (Å²) in [7, 11) is 0. The molecule has 1 aliphatic rings. The summed E-state index contributed by atoms with van der Waals surface area (Å²) in [6.45, 7) is 2.82. The van der Waals surface area contributed by atoms with E-state index in [0.717, 1.165) is 11.1 Å². The third-order valence-electron chi connectivity index (χ3n) is 5.54. The molecule has 1 unspecified atom stereocenters. The van der Waals surface area contributed by atoms with Gasteiger partial charge in [-0.15, -0.1) is 0 Å². The predicted molar refractivity (Wildman–Crippen MR) is 112 cm³/mol. The van der Waals surface area contributed by atoms with E-state index in [-0.39, 0.29) is 28.7 Å². The predicted octanol–water partition coefficient (Wildman–Crippen LogP) is 3.39. The van der Waals surface area contributed by atoms with Crippen LogP contribution in [-0.2, 0) is 24.4 Å². The SMILES string of the molecule is Cc1ccccc1CNC(=O)C1CCCn2c1nn(Cc1c(F)cccc1Cl)c2=O. The number of nitrogens with zero attached hydrogens (tertiary/aromatic N) is 3. The summed E-state index contributed by atoms with van der Waals surface area (Å²) in [6, 6.07) is 12.2. The van der Waals surface area contributed by atoms with Gasteiger partial charge < -0.3 is 5.32 Å². The molecule has 0 aliphatic carbocycles. The molecule has 2 heterocycles. The zero-order valence-corrected chi connectivity index (χ0v) is 17.3. The van der Waals surface area contributed by atoms with Crippen LogP contribution < -0.4 is 11.0 Å². The van der Waals surface area contributed by atoms with Gasteiger partial charge in [-0.3, -0.25) is 9.36 Å². The minimum Gasteiger partial charge on any atom is -0.351 e. The fraction of sp³-hybridized carbons (Fsp3) is 0.318. The lowest BCUT2D eigenvalue weighted by molar-refractivity contribution is -0.123. The van der Waals surface area contributed by atoms with E-state index >= 15 is 0 Å². The molecule has 1 aromatic heterocycles. The third kappa shape index (κ3) is 3.89. The zero-order chi connectivity index (χ0) is 21.3. The van der Waals surface area contributed by atoms with Gasteiger partial charge in [0.25, 0.3) is 0 Å². The Kier molecular flexibility index (Phi) is 5.72. The second-order valence-corrected chi connectivity index (χ2v) is 7.90. The number of aryl methyl sites for hydroxylation is 1. The van der Waals surface area contributed by atoms with Crippen molar-refractivity contribution >= 4 is 17.5 Å². The Morgan fingerprint density at radius 3 is 2.83 bits per heavy atom. The third-order valence-corrected chi connectivity index (χ3v) is 5.89. The van der Waals surface area contributed by atoms with Gasteiger partial charge in [-0.1, -0.05) is 41.9 Å². The molecule has 0 fully saturated rings. The van der Waals surface area contributed by atoms with Crippen LogP contribution in [0.2, 0.25) is 5.02 Å². The second-order valence-electron chi connectivity index (χ2n) is 7.49. The number of benzene rings is 2. The maximum atomic E-state index is 14.2. The van der Waals surface area contributed by atoms with Gasteiger partial charge in [-0.25, -0.2) is 13.9 Å². The van der Waals surface area contributed by atoms with Crippen LogP contribution in [0.4, 0.5) is 4.39 Å².